The van der Waals surface area contributed by atoms with Gasteiger partial charge in [-0.15, -0.1) is 17.5 Å². The molecule has 2 rings (SSSR count). The topological polar surface area (TPSA) is 58.1 Å². The average Bonchev–Trinajstić information content (AvgIpc) is 2.96. The molecule has 1 saturated heterocycles. The fraction of sp³-hybridized carbons (Fsp3) is 0.700. The maximum absolute atomic E-state index is 12.2. The van der Waals surface area contributed by atoms with Crippen molar-refractivity contribution in [2.24, 2.45) is 0 Å². The van der Waals surface area contributed by atoms with Gasteiger partial charge in [0.2, 0.25) is 0 Å². The van der Waals surface area contributed by atoms with Crippen molar-refractivity contribution in [2.45, 2.75) is 25.8 Å². The molecule has 96 valence electrons. The first-order valence-corrected chi connectivity index (χ1v) is 6.39. The van der Waals surface area contributed by atoms with E-state index in [0.29, 0.717) is 10.9 Å². The highest BCUT2D eigenvalue weighted by atomic mass is 35.5. The van der Waals surface area contributed by atoms with E-state index in [-0.39, 0.29) is 18.3 Å². The van der Waals surface area contributed by atoms with Crippen LogP contribution in [0.25, 0.3) is 0 Å². The predicted molar refractivity (Wildman–Crippen MR) is 69.8 cm³/mol. The Morgan fingerprint density at radius 3 is 3.06 bits per heavy atom. The third kappa shape index (κ3) is 3.37. The summed E-state index contributed by atoms with van der Waals surface area (Å²) in [5.74, 6) is 0.0746. The van der Waals surface area contributed by atoms with Crippen molar-refractivity contribution in [2.75, 3.05) is 19.6 Å². The van der Waals surface area contributed by atoms with E-state index in [1.165, 1.54) is 11.5 Å². The van der Waals surface area contributed by atoms with E-state index in [0.717, 1.165) is 32.5 Å². The molecule has 1 aromatic heterocycles. The molecule has 0 aliphatic carbocycles. The lowest BCUT2D eigenvalue weighted by Crippen LogP contribution is -2.41. The van der Waals surface area contributed by atoms with E-state index in [1.54, 1.807) is 6.20 Å². The van der Waals surface area contributed by atoms with Gasteiger partial charge < -0.3 is 10.2 Å². The standard InChI is InChI=1S/C10H16N4OS.ClH/c1-2-5-14(8-3-4-11-6-8)10(15)9-7-12-13-16-9;/h7-8,11H,2-6H2,1H3;1H. The molecule has 0 radical (unpaired) electrons. The second-order valence-corrected chi connectivity index (χ2v) is 4.71. The van der Waals surface area contributed by atoms with E-state index in [9.17, 15) is 4.79 Å². The van der Waals surface area contributed by atoms with Gasteiger partial charge in [0.25, 0.3) is 5.91 Å². The summed E-state index contributed by atoms with van der Waals surface area (Å²) in [4.78, 5) is 14.8. The molecule has 17 heavy (non-hydrogen) atoms. The first kappa shape index (κ1) is 14.3. The summed E-state index contributed by atoms with van der Waals surface area (Å²) >= 11 is 1.17. The molecule has 0 aromatic carbocycles. The normalized spacial score (nSPS) is 18.8. The van der Waals surface area contributed by atoms with Crippen LogP contribution in [0, 0.1) is 0 Å². The zero-order chi connectivity index (χ0) is 11.4. The fourth-order valence-corrected chi connectivity index (χ4v) is 2.47. The number of halogens is 1. The quantitative estimate of drug-likeness (QED) is 0.897. The summed E-state index contributed by atoms with van der Waals surface area (Å²) in [5.41, 5.74) is 0. The van der Waals surface area contributed by atoms with Crippen molar-refractivity contribution < 1.29 is 4.79 Å². The molecule has 1 N–H and O–H groups in total. The molecule has 1 fully saturated rings. The molecule has 1 unspecified atom stereocenters. The van der Waals surface area contributed by atoms with Crippen LogP contribution in [0.1, 0.15) is 29.4 Å². The number of hydrogen-bond donors (Lipinski definition) is 1. The SMILES string of the molecule is CCCN(C(=O)c1cnns1)C1CCNC1.Cl. The highest BCUT2D eigenvalue weighted by Gasteiger charge is 2.27. The van der Waals surface area contributed by atoms with Gasteiger partial charge in [0.05, 0.1) is 6.20 Å². The Morgan fingerprint density at radius 1 is 1.71 bits per heavy atom. The summed E-state index contributed by atoms with van der Waals surface area (Å²) in [6, 6.07) is 0.328. The summed E-state index contributed by atoms with van der Waals surface area (Å²) in [7, 11) is 0. The number of nitrogens with zero attached hydrogens (tertiary/aromatic N) is 3. The second kappa shape index (κ2) is 6.88. The minimum Gasteiger partial charge on any atom is -0.334 e. The molecule has 7 heteroatoms. The van der Waals surface area contributed by atoms with Gasteiger partial charge >= 0.3 is 0 Å². The lowest BCUT2D eigenvalue weighted by Gasteiger charge is -2.27. The van der Waals surface area contributed by atoms with Gasteiger partial charge in [-0.05, 0) is 30.9 Å². The Labute approximate surface area is 111 Å². The zero-order valence-electron chi connectivity index (χ0n) is 9.76. The van der Waals surface area contributed by atoms with E-state index in [2.05, 4.69) is 21.8 Å². The lowest BCUT2D eigenvalue weighted by atomic mass is 10.2. The average molecular weight is 277 g/mol. The molecule has 1 atom stereocenters. The second-order valence-electron chi connectivity index (χ2n) is 3.93. The van der Waals surface area contributed by atoms with Crippen LogP contribution in [0.2, 0.25) is 0 Å². The van der Waals surface area contributed by atoms with Crippen LogP contribution in [0.5, 0.6) is 0 Å². The van der Waals surface area contributed by atoms with Gasteiger partial charge in [-0.25, -0.2) is 0 Å². The Kier molecular flexibility index (Phi) is 5.80. The highest BCUT2D eigenvalue weighted by molar-refractivity contribution is 7.07. The molecular formula is C10H17ClN4OS. The van der Waals surface area contributed by atoms with Crippen LogP contribution in [0.15, 0.2) is 6.20 Å². The summed E-state index contributed by atoms with van der Waals surface area (Å²) < 4.78 is 3.74. The van der Waals surface area contributed by atoms with Crippen LogP contribution in [-0.4, -0.2) is 46.1 Å². The first-order chi connectivity index (χ1) is 7.83. The van der Waals surface area contributed by atoms with Crippen molar-refractivity contribution in [1.82, 2.24) is 19.8 Å². The smallest absolute Gasteiger partial charge is 0.267 e. The zero-order valence-corrected chi connectivity index (χ0v) is 11.4. The molecule has 1 aliphatic heterocycles. The third-order valence-electron chi connectivity index (χ3n) is 2.77. The van der Waals surface area contributed by atoms with Gasteiger partial charge in [0.15, 0.2) is 0 Å². The van der Waals surface area contributed by atoms with Crippen molar-refractivity contribution in [3.8, 4) is 0 Å². The highest BCUT2D eigenvalue weighted by Crippen LogP contribution is 2.15. The first-order valence-electron chi connectivity index (χ1n) is 5.62. The number of rotatable bonds is 4. The number of carbonyl (C=O) groups is 1. The molecule has 5 nitrogen and oxygen atoms in total. The predicted octanol–water partition coefficient (Wildman–Crippen LogP) is 1.17. The lowest BCUT2D eigenvalue weighted by molar-refractivity contribution is 0.0697. The summed E-state index contributed by atoms with van der Waals surface area (Å²) in [5, 5.41) is 7.01. The fourth-order valence-electron chi connectivity index (χ4n) is 2.00. The van der Waals surface area contributed by atoms with E-state index < -0.39 is 0 Å². The number of nitrogens with one attached hydrogen (secondary N) is 1. The van der Waals surface area contributed by atoms with Crippen molar-refractivity contribution in [3.63, 3.8) is 0 Å². The summed E-state index contributed by atoms with van der Waals surface area (Å²) in [6.07, 6.45) is 3.57. The number of carbonyl (C=O) groups excluding carboxylic acids is 1. The monoisotopic (exact) mass is 276 g/mol. The number of hydrogen-bond acceptors (Lipinski definition) is 5. The van der Waals surface area contributed by atoms with E-state index in [4.69, 9.17) is 0 Å². The van der Waals surface area contributed by atoms with Crippen LogP contribution in [0.3, 0.4) is 0 Å². The minimum absolute atomic E-state index is 0. The van der Waals surface area contributed by atoms with Crippen LogP contribution in [-0.2, 0) is 0 Å². The Balaban J connectivity index is 0.00000144. The number of amides is 1. The van der Waals surface area contributed by atoms with Crippen molar-refractivity contribution >= 4 is 29.8 Å². The molecule has 0 spiro atoms. The van der Waals surface area contributed by atoms with Crippen LogP contribution >= 0.6 is 23.9 Å². The minimum atomic E-state index is 0. The van der Waals surface area contributed by atoms with Crippen molar-refractivity contribution in [1.29, 1.82) is 0 Å². The maximum atomic E-state index is 12.2. The molecular weight excluding hydrogens is 260 g/mol. The molecule has 1 amide bonds. The van der Waals surface area contributed by atoms with Crippen molar-refractivity contribution in [3.05, 3.63) is 11.1 Å². The molecule has 2 heterocycles. The third-order valence-corrected chi connectivity index (χ3v) is 3.43. The Bertz CT molecular complexity index is 340. The summed E-state index contributed by atoms with van der Waals surface area (Å²) in [6.45, 7) is 4.80. The largest absolute Gasteiger partial charge is 0.334 e. The molecule has 0 saturated carbocycles. The van der Waals surface area contributed by atoms with Crippen LogP contribution < -0.4 is 5.32 Å². The molecule has 0 bridgehead atoms. The van der Waals surface area contributed by atoms with Gasteiger partial charge in [-0.2, -0.15) is 0 Å². The van der Waals surface area contributed by atoms with Gasteiger partial charge in [-0.1, -0.05) is 11.4 Å². The molecule has 1 aliphatic rings. The van der Waals surface area contributed by atoms with Crippen LogP contribution in [0.4, 0.5) is 0 Å². The van der Waals surface area contributed by atoms with Gasteiger partial charge in [0.1, 0.15) is 4.88 Å². The van der Waals surface area contributed by atoms with Gasteiger partial charge in [-0.3, -0.25) is 4.79 Å². The number of aromatic nitrogens is 2. The van der Waals surface area contributed by atoms with E-state index >= 15 is 0 Å². The Morgan fingerprint density at radius 2 is 2.53 bits per heavy atom. The Hall–Kier alpha value is -0.720. The van der Waals surface area contributed by atoms with Gasteiger partial charge in [0, 0.05) is 19.1 Å². The molecule has 1 aromatic rings. The maximum Gasteiger partial charge on any atom is 0.267 e. The van der Waals surface area contributed by atoms with E-state index in [1.807, 2.05) is 4.90 Å².